The third-order valence-corrected chi connectivity index (χ3v) is 2.88. The van der Waals surface area contributed by atoms with Crippen LogP contribution in [0.1, 0.15) is 17.0 Å². The first-order chi connectivity index (χ1) is 9.33. The minimum atomic E-state index is -0.164. The van der Waals surface area contributed by atoms with Crippen molar-refractivity contribution in [3.63, 3.8) is 0 Å². The maximum atomic E-state index is 12.0. The van der Waals surface area contributed by atoms with E-state index in [1.165, 1.54) is 6.33 Å². The highest BCUT2D eigenvalue weighted by molar-refractivity contribution is 5.90. The SMILES string of the molecule is O=C(c1ncn[nH]1)N1CCC(Oc2cnccn2)C1. The Kier molecular flexibility index (Phi) is 3.05. The number of rotatable bonds is 3. The van der Waals surface area contributed by atoms with Gasteiger partial charge in [-0.25, -0.2) is 9.97 Å². The zero-order chi connectivity index (χ0) is 13.1. The largest absolute Gasteiger partial charge is 0.471 e. The molecule has 98 valence electrons. The van der Waals surface area contributed by atoms with Gasteiger partial charge < -0.3 is 9.64 Å². The molecule has 3 heterocycles. The number of likely N-dealkylation sites (tertiary alicyclic amines) is 1. The summed E-state index contributed by atoms with van der Waals surface area (Å²) in [7, 11) is 0. The normalized spacial score (nSPS) is 18.5. The van der Waals surface area contributed by atoms with Crippen LogP contribution >= 0.6 is 0 Å². The Bertz CT molecular complexity index is 544. The zero-order valence-electron chi connectivity index (χ0n) is 10.1. The quantitative estimate of drug-likeness (QED) is 0.827. The number of carbonyl (C=O) groups excluding carboxylic acids is 1. The van der Waals surface area contributed by atoms with Crippen molar-refractivity contribution in [1.82, 2.24) is 30.0 Å². The predicted molar refractivity (Wildman–Crippen MR) is 63.4 cm³/mol. The maximum Gasteiger partial charge on any atom is 0.291 e. The molecule has 0 aromatic carbocycles. The number of ether oxygens (including phenoxy) is 1. The van der Waals surface area contributed by atoms with Crippen LogP contribution in [0.3, 0.4) is 0 Å². The molecule has 1 saturated heterocycles. The molecule has 1 atom stereocenters. The number of carbonyl (C=O) groups is 1. The lowest BCUT2D eigenvalue weighted by Gasteiger charge is -2.15. The van der Waals surface area contributed by atoms with Gasteiger partial charge >= 0.3 is 0 Å². The third-order valence-electron chi connectivity index (χ3n) is 2.88. The van der Waals surface area contributed by atoms with E-state index in [0.717, 1.165) is 6.42 Å². The van der Waals surface area contributed by atoms with Crippen LogP contribution in [0.15, 0.2) is 24.9 Å². The van der Waals surface area contributed by atoms with Gasteiger partial charge in [0.1, 0.15) is 12.4 Å². The number of nitrogens with one attached hydrogen (secondary N) is 1. The van der Waals surface area contributed by atoms with Gasteiger partial charge in [-0.05, 0) is 0 Å². The highest BCUT2D eigenvalue weighted by Crippen LogP contribution is 2.16. The third kappa shape index (κ3) is 2.51. The fraction of sp³-hybridized carbons (Fsp3) is 0.364. The summed E-state index contributed by atoms with van der Waals surface area (Å²) in [6.45, 7) is 1.14. The molecule has 0 saturated carbocycles. The van der Waals surface area contributed by atoms with Gasteiger partial charge in [0.15, 0.2) is 0 Å². The van der Waals surface area contributed by atoms with E-state index in [2.05, 4.69) is 25.1 Å². The van der Waals surface area contributed by atoms with Crippen LogP contribution in [0.4, 0.5) is 0 Å². The molecule has 8 nitrogen and oxygen atoms in total. The maximum absolute atomic E-state index is 12.0. The summed E-state index contributed by atoms with van der Waals surface area (Å²) in [5.74, 6) is 0.560. The predicted octanol–water partition coefficient (Wildman–Crippen LogP) is -0.112. The standard InChI is InChI=1S/C11H12N6O2/c18-11(10-14-7-15-16-10)17-4-1-8(6-17)19-9-5-12-2-3-13-9/h2-3,5,7-8H,1,4,6H2,(H,14,15,16). The van der Waals surface area contributed by atoms with Crippen LogP contribution in [0.25, 0.3) is 0 Å². The molecule has 3 rings (SSSR count). The molecule has 8 heteroatoms. The summed E-state index contributed by atoms with van der Waals surface area (Å²) < 4.78 is 5.66. The lowest BCUT2D eigenvalue weighted by molar-refractivity contribution is 0.0759. The van der Waals surface area contributed by atoms with E-state index in [1.807, 2.05) is 0 Å². The minimum Gasteiger partial charge on any atom is -0.471 e. The average Bonchev–Trinajstić information content (AvgIpc) is 3.10. The van der Waals surface area contributed by atoms with Gasteiger partial charge in [0, 0.05) is 25.4 Å². The Morgan fingerprint density at radius 1 is 1.42 bits per heavy atom. The van der Waals surface area contributed by atoms with E-state index in [0.29, 0.717) is 19.0 Å². The van der Waals surface area contributed by atoms with Crippen LogP contribution in [0, 0.1) is 0 Å². The summed E-state index contributed by atoms with van der Waals surface area (Å²) in [4.78, 5) is 25.5. The van der Waals surface area contributed by atoms with Crippen molar-refractivity contribution in [2.75, 3.05) is 13.1 Å². The summed E-state index contributed by atoms with van der Waals surface area (Å²) >= 11 is 0. The Hall–Kier alpha value is -2.51. The molecule has 1 aliphatic heterocycles. The molecule has 1 fully saturated rings. The van der Waals surface area contributed by atoms with Crippen molar-refractivity contribution in [2.24, 2.45) is 0 Å². The molecule has 2 aromatic heterocycles. The Labute approximate surface area is 108 Å². The monoisotopic (exact) mass is 260 g/mol. The van der Waals surface area contributed by atoms with Gasteiger partial charge in [0.05, 0.1) is 12.7 Å². The van der Waals surface area contributed by atoms with Gasteiger partial charge in [-0.2, -0.15) is 5.10 Å². The van der Waals surface area contributed by atoms with Gasteiger partial charge in [-0.1, -0.05) is 0 Å². The highest BCUT2D eigenvalue weighted by atomic mass is 16.5. The van der Waals surface area contributed by atoms with E-state index in [4.69, 9.17) is 4.74 Å². The Balaban J connectivity index is 1.60. The van der Waals surface area contributed by atoms with Crippen LogP contribution in [-0.4, -0.2) is 55.1 Å². The molecule has 1 unspecified atom stereocenters. The molecule has 19 heavy (non-hydrogen) atoms. The van der Waals surface area contributed by atoms with Crippen molar-refractivity contribution in [1.29, 1.82) is 0 Å². The van der Waals surface area contributed by atoms with Crippen molar-refractivity contribution in [3.05, 3.63) is 30.7 Å². The molecule has 0 spiro atoms. The van der Waals surface area contributed by atoms with Crippen LogP contribution in [0.2, 0.25) is 0 Å². The second-order valence-electron chi connectivity index (χ2n) is 4.16. The van der Waals surface area contributed by atoms with Gasteiger partial charge in [0.25, 0.3) is 5.91 Å². The topological polar surface area (TPSA) is 96.9 Å². The van der Waals surface area contributed by atoms with Crippen LogP contribution < -0.4 is 4.74 Å². The Morgan fingerprint density at radius 2 is 2.37 bits per heavy atom. The molecule has 0 radical (unpaired) electrons. The minimum absolute atomic E-state index is 0.0661. The van der Waals surface area contributed by atoms with Gasteiger partial charge in [-0.3, -0.25) is 14.9 Å². The van der Waals surface area contributed by atoms with Crippen molar-refractivity contribution in [3.8, 4) is 5.88 Å². The second-order valence-corrected chi connectivity index (χ2v) is 4.16. The van der Waals surface area contributed by atoms with Crippen LogP contribution in [0.5, 0.6) is 5.88 Å². The first-order valence-corrected chi connectivity index (χ1v) is 5.90. The summed E-state index contributed by atoms with van der Waals surface area (Å²) in [5.41, 5.74) is 0. The van der Waals surface area contributed by atoms with E-state index >= 15 is 0 Å². The van der Waals surface area contributed by atoms with Crippen molar-refractivity contribution >= 4 is 5.91 Å². The fourth-order valence-corrected chi connectivity index (χ4v) is 1.98. The molecule has 2 aromatic rings. The van der Waals surface area contributed by atoms with Crippen molar-refractivity contribution < 1.29 is 9.53 Å². The highest BCUT2D eigenvalue weighted by Gasteiger charge is 2.29. The molecule has 1 aliphatic rings. The molecule has 0 aliphatic carbocycles. The number of hydrogen-bond donors (Lipinski definition) is 1. The second kappa shape index (κ2) is 5.01. The van der Waals surface area contributed by atoms with Crippen LogP contribution in [-0.2, 0) is 0 Å². The number of amides is 1. The van der Waals surface area contributed by atoms with Gasteiger partial charge in [0.2, 0.25) is 11.7 Å². The molecular formula is C11H12N6O2. The average molecular weight is 260 g/mol. The zero-order valence-corrected chi connectivity index (χ0v) is 10.1. The van der Waals surface area contributed by atoms with E-state index in [9.17, 15) is 4.79 Å². The number of aromatic amines is 1. The molecular weight excluding hydrogens is 248 g/mol. The lowest BCUT2D eigenvalue weighted by atomic mass is 10.3. The summed E-state index contributed by atoms with van der Waals surface area (Å²) in [6, 6.07) is 0. The number of nitrogens with zero attached hydrogens (tertiary/aromatic N) is 5. The van der Waals surface area contributed by atoms with E-state index in [-0.39, 0.29) is 17.8 Å². The Morgan fingerprint density at radius 3 is 3.11 bits per heavy atom. The van der Waals surface area contributed by atoms with E-state index in [1.54, 1.807) is 23.5 Å². The van der Waals surface area contributed by atoms with Crippen molar-refractivity contribution in [2.45, 2.75) is 12.5 Å². The first kappa shape index (κ1) is 11.6. The fourth-order valence-electron chi connectivity index (χ4n) is 1.98. The molecule has 1 amide bonds. The molecule has 1 N–H and O–H groups in total. The van der Waals surface area contributed by atoms with E-state index < -0.39 is 0 Å². The number of H-pyrrole nitrogens is 1. The molecule has 0 bridgehead atoms. The summed E-state index contributed by atoms with van der Waals surface area (Å²) in [6.07, 6.45) is 6.72. The first-order valence-electron chi connectivity index (χ1n) is 5.90. The number of aromatic nitrogens is 5. The van der Waals surface area contributed by atoms with Gasteiger partial charge in [-0.15, -0.1) is 0 Å². The lowest BCUT2D eigenvalue weighted by Crippen LogP contribution is -2.31. The number of hydrogen-bond acceptors (Lipinski definition) is 6. The smallest absolute Gasteiger partial charge is 0.291 e. The summed E-state index contributed by atoms with van der Waals surface area (Å²) in [5, 5.41) is 6.23.